The van der Waals surface area contributed by atoms with Crippen LogP contribution in [0.5, 0.6) is 0 Å². The minimum atomic E-state index is -2.71. The molecule has 3 heteroatoms. The zero-order valence-electron chi connectivity index (χ0n) is 18.5. The van der Waals surface area contributed by atoms with Crippen LogP contribution in [0.15, 0.2) is 91.0 Å². The number of halogens is 1. The first-order valence-corrected chi connectivity index (χ1v) is 16.1. The zero-order valence-corrected chi connectivity index (χ0v) is 21.6. The van der Waals surface area contributed by atoms with Crippen molar-refractivity contribution in [1.82, 2.24) is 0 Å². The zero-order chi connectivity index (χ0) is 21.9. The SMILES string of the molecule is CCP(I)(c1ccccc1)(c1ccccc1)[C@H](C)[C@H](O)C(C)(C)Cc1ccccc1. The van der Waals surface area contributed by atoms with Crippen molar-refractivity contribution >= 4 is 36.9 Å². The number of aliphatic hydroxyl groups excluding tert-OH is 1. The van der Waals surface area contributed by atoms with E-state index in [-0.39, 0.29) is 11.1 Å². The van der Waals surface area contributed by atoms with Crippen LogP contribution in [0.2, 0.25) is 0 Å². The quantitative estimate of drug-likeness (QED) is 0.257. The Hall–Kier alpha value is -1.22. The van der Waals surface area contributed by atoms with Gasteiger partial charge in [0.15, 0.2) is 0 Å². The van der Waals surface area contributed by atoms with Gasteiger partial charge in [-0.1, -0.05) is 0 Å². The van der Waals surface area contributed by atoms with Crippen molar-refractivity contribution < 1.29 is 5.11 Å². The molecule has 3 aromatic carbocycles. The molecule has 160 valence electrons. The number of rotatable bonds is 8. The molecule has 0 heterocycles. The van der Waals surface area contributed by atoms with E-state index in [0.717, 1.165) is 12.6 Å². The maximum absolute atomic E-state index is 11.9. The van der Waals surface area contributed by atoms with Gasteiger partial charge in [-0.05, 0) is 0 Å². The van der Waals surface area contributed by atoms with Gasteiger partial charge in [-0.3, -0.25) is 0 Å². The van der Waals surface area contributed by atoms with E-state index in [1.807, 2.05) is 0 Å². The summed E-state index contributed by atoms with van der Waals surface area (Å²) in [4.78, 5) is 0. The molecule has 0 radical (unpaired) electrons. The first kappa shape index (κ1) is 23.4. The molecule has 1 nitrogen and oxygen atoms in total. The van der Waals surface area contributed by atoms with Gasteiger partial charge in [-0.25, -0.2) is 0 Å². The summed E-state index contributed by atoms with van der Waals surface area (Å²) in [6.07, 6.45) is 1.43. The van der Waals surface area contributed by atoms with Crippen molar-refractivity contribution in [2.45, 2.75) is 45.9 Å². The van der Waals surface area contributed by atoms with Crippen LogP contribution >= 0.6 is 26.3 Å². The molecule has 1 N–H and O–H groups in total. The van der Waals surface area contributed by atoms with Crippen LogP contribution in [0.25, 0.3) is 0 Å². The van der Waals surface area contributed by atoms with Crippen LogP contribution in [0.1, 0.15) is 33.3 Å². The molecule has 0 bridgehead atoms. The van der Waals surface area contributed by atoms with Gasteiger partial charge in [0.2, 0.25) is 0 Å². The molecule has 2 atom stereocenters. The molecule has 0 unspecified atom stereocenters. The molecule has 30 heavy (non-hydrogen) atoms. The summed E-state index contributed by atoms with van der Waals surface area (Å²) in [7, 11) is 0. The fourth-order valence-electron chi connectivity index (χ4n) is 4.95. The number of hydrogen-bond donors (Lipinski definition) is 1. The molecule has 0 aliphatic heterocycles. The van der Waals surface area contributed by atoms with Crippen LogP contribution in [0.4, 0.5) is 0 Å². The molecule has 0 saturated carbocycles. The van der Waals surface area contributed by atoms with Crippen LogP contribution < -0.4 is 10.6 Å². The van der Waals surface area contributed by atoms with Gasteiger partial charge in [0.1, 0.15) is 0 Å². The van der Waals surface area contributed by atoms with Crippen LogP contribution in [0.3, 0.4) is 0 Å². The monoisotopic (exact) mass is 532 g/mol. The Morgan fingerprint density at radius 2 is 1.20 bits per heavy atom. The third-order valence-corrected chi connectivity index (χ3v) is 20.9. The number of benzene rings is 3. The molecular formula is C27H34IOP. The second kappa shape index (κ2) is 9.10. The molecule has 3 aromatic rings. The van der Waals surface area contributed by atoms with Crippen molar-refractivity contribution in [3.8, 4) is 0 Å². The van der Waals surface area contributed by atoms with Gasteiger partial charge in [0.05, 0.1) is 0 Å². The van der Waals surface area contributed by atoms with Gasteiger partial charge in [0, 0.05) is 0 Å². The van der Waals surface area contributed by atoms with Gasteiger partial charge in [-0.15, -0.1) is 0 Å². The third kappa shape index (κ3) is 4.11. The normalized spacial score (nSPS) is 15.7. The second-order valence-electron chi connectivity index (χ2n) is 9.08. The Kier molecular flexibility index (Phi) is 7.11. The van der Waals surface area contributed by atoms with Crippen LogP contribution in [0, 0.1) is 5.41 Å². The summed E-state index contributed by atoms with van der Waals surface area (Å²) >= 11 is 2.79. The molecule has 0 spiro atoms. The predicted molar refractivity (Wildman–Crippen MR) is 143 cm³/mol. The first-order chi connectivity index (χ1) is 14.2. The molecule has 3 rings (SSSR count). The predicted octanol–water partition coefficient (Wildman–Crippen LogP) is 6.58. The van der Waals surface area contributed by atoms with Crippen LogP contribution in [-0.2, 0) is 6.42 Å². The maximum atomic E-state index is 11.9. The Bertz CT molecular complexity index is 901. The molecule has 0 aliphatic carbocycles. The Morgan fingerprint density at radius 3 is 1.60 bits per heavy atom. The summed E-state index contributed by atoms with van der Waals surface area (Å²) in [5.41, 5.74) is 1.15. The van der Waals surface area contributed by atoms with Crippen molar-refractivity contribution in [3.05, 3.63) is 96.6 Å². The van der Waals surface area contributed by atoms with E-state index < -0.39 is 10.3 Å². The summed E-state index contributed by atoms with van der Waals surface area (Å²) in [6, 6.07) is 32.4. The Labute approximate surface area is 195 Å². The summed E-state index contributed by atoms with van der Waals surface area (Å²) in [5, 5.41) is 14.6. The molecular weight excluding hydrogens is 498 g/mol. The fraction of sp³-hybridized carbons (Fsp3) is 0.333. The number of aliphatic hydroxyl groups is 1. The fourth-order valence-corrected chi connectivity index (χ4v) is 13.0. The topological polar surface area (TPSA) is 20.2 Å². The van der Waals surface area contributed by atoms with E-state index >= 15 is 0 Å². The molecule has 0 amide bonds. The minimum absolute atomic E-state index is 0.116. The van der Waals surface area contributed by atoms with Gasteiger partial charge in [0.25, 0.3) is 0 Å². The van der Waals surface area contributed by atoms with E-state index in [0.29, 0.717) is 0 Å². The van der Waals surface area contributed by atoms with E-state index in [1.54, 1.807) is 0 Å². The molecule has 0 aliphatic rings. The van der Waals surface area contributed by atoms with Gasteiger partial charge < -0.3 is 0 Å². The molecule has 0 aromatic heterocycles. The van der Waals surface area contributed by atoms with Gasteiger partial charge in [-0.2, -0.15) is 0 Å². The first-order valence-electron chi connectivity index (χ1n) is 10.8. The number of hydrogen-bond acceptors (Lipinski definition) is 1. The van der Waals surface area contributed by atoms with Crippen molar-refractivity contribution in [3.63, 3.8) is 0 Å². The summed E-state index contributed by atoms with van der Waals surface area (Å²) < 4.78 is -2.71. The van der Waals surface area contributed by atoms with E-state index in [4.69, 9.17) is 0 Å². The van der Waals surface area contributed by atoms with E-state index in [9.17, 15) is 5.11 Å². The van der Waals surface area contributed by atoms with Crippen molar-refractivity contribution in [2.24, 2.45) is 5.41 Å². The Morgan fingerprint density at radius 1 is 0.800 bits per heavy atom. The Balaban J connectivity index is 2.12. The van der Waals surface area contributed by atoms with Crippen molar-refractivity contribution in [2.75, 3.05) is 6.16 Å². The standard InChI is InChI=1S/C27H34IOP/c1-5-30(28,24-17-11-7-12-18-24,25-19-13-8-14-20-25)22(2)26(29)27(3,4)21-23-15-9-6-10-16-23/h6-20,22,26,29H,5,21H2,1-4H3/t22-,26+/m1/s1. The average molecular weight is 532 g/mol. The molecule has 0 saturated heterocycles. The summed E-state index contributed by atoms with van der Waals surface area (Å²) in [5.74, 6) is 0. The average Bonchev–Trinajstić information content (AvgIpc) is 2.79. The van der Waals surface area contributed by atoms with Crippen LogP contribution in [-0.4, -0.2) is 23.0 Å². The van der Waals surface area contributed by atoms with Crippen molar-refractivity contribution in [1.29, 1.82) is 0 Å². The van der Waals surface area contributed by atoms with E-state index in [1.165, 1.54) is 16.2 Å². The summed E-state index contributed by atoms with van der Waals surface area (Å²) in [6.45, 7) is 9.01. The van der Waals surface area contributed by atoms with Gasteiger partial charge >= 0.3 is 196 Å². The third-order valence-electron chi connectivity index (χ3n) is 6.86. The molecule has 0 fully saturated rings. The van der Waals surface area contributed by atoms with E-state index in [2.05, 4.69) is 141 Å². The second-order valence-corrected chi connectivity index (χ2v) is 20.7.